The van der Waals surface area contributed by atoms with Crippen molar-refractivity contribution in [2.45, 2.75) is 13.3 Å². The van der Waals surface area contributed by atoms with E-state index in [1.807, 2.05) is 37.3 Å². The molecule has 0 atom stereocenters. The number of carbonyl (C=O) groups excluding carboxylic acids is 1. The third-order valence-corrected chi connectivity index (χ3v) is 5.46. The van der Waals surface area contributed by atoms with Crippen molar-refractivity contribution < 1.29 is 9.21 Å². The van der Waals surface area contributed by atoms with Gasteiger partial charge in [-0.25, -0.2) is 0 Å². The zero-order valence-corrected chi connectivity index (χ0v) is 14.6. The molecular formula is C15H10Br2O2S. The van der Waals surface area contributed by atoms with E-state index in [0.29, 0.717) is 17.5 Å². The van der Waals surface area contributed by atoms with Gasteiger partial charge in [0.1, 0.15) is 11.3 Å². The summed E-state index contributed by atoms with van der Waals surface area (Å²) >= 11 is 8.36. The van der Waals surface area contributed by atoms with E-state index in [1.54, 1.807) is 0 Å². The summed E-state index contributed by atoms with van der Waals surface area (Å²) in [5.74, 6) is 0.742. The molecule has 0 aliphatic carbocycles. The second-order valence-electron chi connectivity index (χ2n) is 4.32. The van der Waals surface area contributed by atoms with Gasteiger partial charge in [0.25, 0.3) is 0 Å². The van der Waals surface area contributed by atoms with Gasteiger partial charge >= 0.3 is 0 Å². The van der Waals surface area contributed by atoms with Gasteiger partial charge in [0, 0.05) is 17.4 Å². The molecule has 0 amide bonds. The molecule has 0 saturated carbocycles. The van der Waals surface area contributed by atoms with Gasteiger partial charge in [0.2, 0.25) is 0 Å². The van der Waals surface area contributed by atoms with Crippen LogP contribution in [0.1, 0.15) is 28.6 Å². The molecule has 0 fully saturated rings. The highest BCUT2D eigenvalue weighted by Gasteiger charge is 2.23. The number of fused-ring (bicyclic) bond motifs is 1. The first-order valence-corrected chi connectivity index (χ1v) is 8.52. The summed E-state index contributed by atoms with van der Waals surface area (Å²) in [5, 5.41) is 0.878. The summed E-state index contributed by atoms with van der Waals surface area (Å²) in [6, 6.07) is 9.51. The maximum Gasteiger partial charge on any atom is 0.199 e. The van der Waals surface area contributed by atoms with Gasteiger partial charge in [0.05, 0.1) is 13.1 Å². The second-order valence-corrected chi connectivity index (χ2v) is 8.07. The van der Waals surface area contributed by atoms with Crippen LogP contribution in [0.5, 0.6) is 0 Å². The molecule has 3 rings (SSSR count). The summed E-state index contributed by atoms with van der Waals surface area (Å²) in [5.41, 5.74) is 2.11. The van der Waals surface area contributed by atoms with Crippen LogP contribution in [-0.4, -0.2) is 5.78 Å². The molecule has 2 heterocycles. The third-order valence-electron chi connectivity index (χ3n) is 3.12. The van der Waals surface area contributed by atoms with E-state index in [0.717, 1.165) is 24.3 Å². The molecule has 5 heteroatoms. The lowest BCUT2D eigenvalue weighted by Crippen LogP contribution is -2.02. The first-order chi connectivity index (χ1) is 9.61. The maximum absolute atomic E-state index is 12.8. The minimum Gasteiger partial charge on any atom is -0.460 e. The van der Waals surface area contributed by atoms with Gasteiger partial charge in [0.15, 0.2) is 5.78 Å². The number of rotatable bonds is 3. The van der Waals surface area contributed by atoms with E-state index < -0.39 is 0 Å². The van der Waals surface area contributed by atoms with E-state index in [4.69, 9.17) is 4.42 Å². The number of halogens is 2. The topological polar surface area (TPSA) is 30.2 Å². The summed E-state index contributed by atoms with van der Waals surface area (Å²) in [6.45, 7) is 1.99. The lowest BCUT2D eigenvalue weighted by molar-refractivity contribution is 0.103. The molecule has 2 aromatic heterocycles. The molecular weight excluding hydrogens is 404 g/mol. The average molecular weight is 414 g/mol. The zero-order valence-electron chi connectivity index (χ0n) is 10.6. The van der Waals surface area contributed by atoms with Crippen molar-refractivity contribution in [3.8, 4) is 0 Å². The Bertz CT molecular complexity index is 801. The molecule has 0 aliphatic heterocycles. The monoisotopic (exact) mass is 412 g/mol. The number of thiophene rings is 1. The Kier molecular flexibility index (Phi) is 3.84. The van der Waals surface area contributed by atoms with Gasteiger partial charge < -0.3 is 4.42 Å². The van der Waals surface area contributed by atoms with Crippen molar-refractivity contribution in [2.24, 2.45) is 0 Å². The Hall–Kier alpha value is -0.910. The van der Waals surface area contributed by atoms with Crippen LogP contribution >= 0.6 is 43.2 Å². The van der Waals surface area contributed by atoms with Crippen LogP contribution in [0.3, 0.4) is 0 Å². The number of aryl methyl sites for hydroxylation is 1. The van der Waals surface area contributed by atoms with E-state index in [1.165, 1.54) is 11.3 Å². The Morgan fingerprint density at radius 1 is 1.30 bits per heavy atom. The van der Waals surface area contributed by atoms with Crippen molar-refractivity contribution in [3.05, 3.63) is 54.8 Å². The fraction of sp³-hybridized carbons (Fsp3) is 0.133. The number of carbonyl (C=O) groups is 1. The standard InChI is InChI=1S/C15H10Br2O2S/c1-2-10-13(8-5-3-4-6-11(8)19-10)14(18)9-7-12(16)20-15(9)17/h3-7H,2H2,1H3. The molecule has 0 bridgehead atoms. The number of hydrogen-bond acceptors (Lipinski definition) is 3. The van der Waals surface area contributed by atoms with Crippen LogP contribution in [0.15, 0.2) is 42.3 Å². The normalized spacial score (nSPS) is 11.2. The van der Waals surface area contributed by atoms with Crippen molar-refractivity contribution in [3.63, 3.8) is 0 Å². The Labute approximate surface area is 137 Å². The van der Waals surface area contributed by atoms with E-state index in [9.17, 15) is 4.79 Å². The summed E-state index contributed by atoms with van der Waals surface area (Å²) in [7, 11) is 0. The fourth-order valence-corrected chi connectivity index (χ4v) is 5.02. The lowest BCUT2D eigenvalue weighted by atomic mass is 10.0. The molecule has 2 nitrogen and oxygen atoms in total. The van der Waals surface area contributed by atoms with Crippen molar-refractivity contribution >= 4 is 59.9 Å². The fourth-order valence-electron chi connectivity index (χ4n) is 2.22. The van der Waals surface area contributed by atoms with Crippen molar-refractivity contribution in [1.29, 1.82) is 0 Å². The zero-order chi connectivity index (χ0) is 14.3. The lowest BCUT2D eigenvalue weighted by Gasteiger charge is -2.00. The highest BCUT2D eigenvalue weighted by molar-refractivity contribution is 9.12. The number of benzene rings is 1. The smallest absolute Gasteiger partial charge is 0.199 e. The minimum absolute atomic E-state index is 0.000579. The molecule has 1 aromatic carbocycles. The molecule has 102 valence electrons. The summed E-state index contributed by atoms with van der Waals surface area (Å²) in [6.07, 6.45) is 0.693. The van der Waals surface area contributed by atoms with Crippen LogP contribution < -0.4 is 0 Å². The third kappa shape index (κ3) is 2.28. The Morgan fingerprint density at radius 3 is 2.70 bits per heavy atom. The summed E-state index contributed by atoms with van der Waals surface area (Å²) in [4.78, 5) is 12.8. The maximum atomic E-state index is 12.8. The van der Waals surface area contributed by atoms with Crippen LogP contribution in [0.4, 0.5) is 0 Å². The molecule has 0 N–H and O–H groups in total. The number of ketones is 1. The highest BCUT2D eigenvalue weighted by atomic mass is 79.9. The van der Waals surface area contributed by atoms with Crippen LogP contribution in [0.2, 0.25) is 0 Å². The van der Waals surface area contributed by atoms with Gasteiger partial charge in [-0.2, -0.15) is 0 Å². The first kappa shape index (κ1) is 14.0. The average Bonchev–Trinajstić information content (AvgIpc) is 2.97. The van der Waals surface area contributed by atoms with Gasteiger partial charge in [-0.3, -0.25) is 4.79 Å². The quantitative estimate of drug-likeness (QED) is 0.507. The Morgan fingerprint density at radius 2 is 2.05 bits per heavy atom. The SMILES string of the molecule is CCc1oc2ccccc2c1C(=O)c1cc(Br)sc1Br. The minimum atomic E-state index is 0.000579. The molecule has 3 aromatic rings. The molecule has 0 saturated heterocycles. The number of hydrogen-bond donors (Lipinski definition) is 0. The predicted molar refractivity (Wildman–Crippen MR) is 88.7 cm³/mol. The van der Waals surface area contributed by atoms with Gasteiger partial charge in [-0.1, -0.05) is 25.1 Å². The summed E-state index contributed by atoms with van der Waals surface area (Å²) < 4.78 is 7.56. The van der Waals surface area contributed by atoms with Crippen LogP contribution in [-0.2, 0) is 6.42 Å². The highest BCUT2D eigenvalue weighted by Crippen LogP contribution is 2.36. The van der Waals surface area contributed by atoms with Crippen molar-refractivity contribution in [2.75, 3.05) is 0 Å². The molecule has 20 heavy (non-hydrogen) atoms. The van der Waals surface area contributed by atoms with Gasteiger partial charge in [-0.05, 0) is 44.0 Å². The van der Waals surface area contributed by atoms with E-state index in [2.05, 4.69) is 31.9 Å². The van der Waals surface area contributed by atoms with Gasteiger partial charge in [-0.15, -0.1) is 11.3 Å². The molecule has 0 aliphatic rings. The first-order valence-electron chi connectivity index (χ1n) is 6.11. The number of para-hydroxylation sites is 1. The van der Waals surface area contributed by atoms with E-state index in [-0.39, 0.29) is 5.78 Å². The molecule has 0 unspecified atom stereocenters. The second kappa shape index (κ2) is 5.47. The molecule has 0 spiro atoms. The Balaban J connectivity index is 2.23. The van der Waals surface area contributed by atoms with Crippen molar-refractivity contribution in [1.82, 2.24) is 0 Å². The van der Waals surface area contributed by atoms with E-state index >= 15 is 0 Å². The largest absolute Gasteiger partial charge is 0.460 e. The molecule has 0 radical (unpaired) electrons. The van der Waals surface area contributed by atoms with Crippen LogP contribution in [0.25, 0.3) is 11.0 Å². The number of furan rings is 1. The van der Waals surface area contributed by atoms with Crippen LogP contribution in [0, 0.1) is 0 Å². The predicted octanol–water partition coefficient (Wildman–Crippen LogP) is 5.81.